The molecule has 4 atom stereocenters. The Hall–Kier alpha value is -5.11. The van der Waals surface area contributed by atoms with E-state index in [1.165, 1.54) is 12.7 Å². The number of hydrogen-bond acceptors (Lipinski definition) is 18. The Balaban J connectivity index is 0.000000198. The van der Waals surface area contributed by atoms with Gasteiger partial charge in [0.2, 0.25) is 17.6 Å². The summed E-state index contributed by atoms with van der Waals surface area (Å²) in [5.41, 5.74) is 2.49. The number of morpholine rings is 2. The molecule has 3 N–H and O–H groups in total. The van der Waals surface area contributed by atoms with Crippen molar-refractivity contribution in [2.45, 2.75) is 142 Å². The van der Waals surface area contributed by atoms with Gasteiger partial charge in [0.05, 0.1) is 49.5 Å². The fourth-order valence-corrected chi connectivity index (χ4v) is 6.78. The maximum atomic E-state index is 9.60. The van der Waals surface area contributed by atoms with Gasteiger partial charge in [-0.05, 0) is 106 Å². The molecule has 4 unspecified atom stereocenters. The minimum atomic E-state index is -0.318. The van der Waals surface area contributed by atoms with Crippen molar-refractivity contribution in [1.29, 1.82) is 0 Å². The van der Waals surface area contributed by atoms with E-state index in [-0.39, 0.29) is 23.4 Å². The summed E-state index contributed by atoms with van der Waals surface area (Å²) in [6.07, 6.45) is 9.87. The second kappa shape index (κ2) is 25.5. The number of piperidine rings is 2. The number of hydrogen-bond donors (Lipinski definition) is 3. The fraction of sp³-hybridized carbons (Fsp3) is 0.565. The third-order valence-corrected chi connectivity index (χ3v) is 10.2. The maximum Gasteiger partial charge on any atom is 0.293 e. The smallest absolute Gasteiger partial charge is 0.293 e. The van der Waals surface area contributed by atoms with Gasteiger partial charge in [0.1, 0.15) is 35.1 Å². The van der Waals surface area contributed by atoms with E-state index >= 15 is 0 Å². The Morgan fingerprint density at radius 3 is 1.46 bits per heavy atom. The molecule has 0 aliphatic carbocycles. The first-order valence-corrected chi connectivity index (χ1v) is 21.9. The highest BCUT2D eigenvalue weighted by atomic mass is 35.5. The Bertz CT molecular complexity index is 2040. The zero-order chi connectivity index (χ0) is 47.6. The van der Waals surface area contributed by atoms with E-state index in [1.54, 1.807) is 18.5 Å². The minimum absolute atomic E-state index is 0.0971. The summed E-state index contributed by atoms with van der Waals surface area (Å²) in [5.74, 6) is 2.89. The van der Waals surface area contributed by atoms with E-state index in [0.717, 1.165) is 69.1 Å². The predicted octanol–water partition coefficient (Wildman–Crippen LogP) is 6.53. The van der Waals surface area contributed by atoms with Crippen LogP contribution in [0.15, 0.2) is 49.3 Å². The summed E-state index contributed by atoms with van der Waals surface area (Å²) in [6.45, 7) is 22.4. The first-order chi connectivity index (χ1) is 30.8. The van der Waals surface area contributed by atoms with Crippen LogP contribution in [-0.4, -0.2) is 122 Å². The summed E-state index contributed by atoms with van der Waals surface area (Å²) in [5, 5.41) is 16.7. The number of nitrogens with one attached hydrogen (secondary N) is 2. The Morgan fingerprint density at radius 2 is 1.05 bits per heavy atom. The molecular weight excluding hydrogens is 860 g/mol. The van der Waals surface area contributed by atoms with Gasteiger partial charge in [0.25, 0.3) is 12.9 Å². The minimum Gasteiger partial charge on any atom is -0.474 e. The molecule has 4 bridgehead atoms. The number of carbonyl (C=O) groups excluding carboxylic acids is 2. The summed E-state index contributed by atoms with van der Waals surface area (Å²) in [6, 6.07) is 8.87. The number of aromatic nitrogens is 6. The van der Waals surface area contributed by atoms with Gasteiger partial charge in [-0.15, -0.1) is 0 Å². The van der Waals surface area contributed by atoms with E-state index in [2.05, 4.69) is 50.0 Å². The molecule has 65 heavy (non-hydrogen) atoms. The quantitative estimate of drug-likeness (QED) is 0.126. The maximum absolute atomic E-state index is 9.60. The lowest BCUT2D eigenvalue weighted by Crippen LogP contribution is -2.56. The van der Waals surface area contributed by atoms with Crippen molar-refractivity contribution in [3.63, 3.8) is 0 Å². The van der Waals surface area contributed by atoms with Crippen LogP contribution in [0.4, 0.5) is 0 Å². The molecule has 18 nitrogen and oxygen atoms in total. The van der Waals surface area contributed by atoms with E-state index in [4.69, 9.17) is 35.3 Å². The van der Waals surface area contributed by atoms with Gasteiger partial charge in [-0.25, -0.2) is 19.9 Å². The molecule has 19 heteroatoms. The lowest BCUT2D eigenvalue weighted by molar-refractivity contribution is -0.139. The molecule has 0 aromatic carbocycles. The number of aryl methyl sites for hydroxylation is 2. The molecule has 0 saturated carbocycles. The summed E-state index contributed by atoms with van der Waals surface area (Å²) in [4.78, 5) is 44.0. The highest BCUT2D eigenvalue weighted by Gasteiger charge is 2.34. The van der Waals surface area contributed by atoms with Crippen LogP contribution in [0.2, 0.25) is 5.15 Å². The zero-order valence-electron chi connectivity index (χ0n) is 39.1. The first kappa shape index (κ1) is 52.5. The standard InChI is InChI=1S/C18H22N4O3.C11H10ClN3O.C7H13NO2.2C5H10O2/c1-11-17(24-15-6-13-8-23-9-14(7-15)22-13)20-10-21-18(11)25-16-4-3-5-19-12(16)2;1-7-10(12)14-6-15-11(7)16-9-4-3-5-13-8(9)2;9-7-1-5-3-10-4-6(2-7)8-5;2*1-5(2,3)7-4-6/h3-5,10,13-15,22H,6-9H2,1-2H3;3-6H,1-2H3;5-9H,1-4H2;2*4H,1-3H3. The van der Waals surface area contributed by atoms with Crippen LogP contribution in [0.1, 0.15) is 89.7 Å². The molecule has 356 valence electrons. The molecule has 8 rings (SSSR count). The number of aliphatic hydroxyl groups excluding tert-OH is 1. The third-order valence-electron chi connectivity index (χ3n) is 9.81. The molecule has 8 heterocycles. The van der Waals surface area contributed by atoms with Crippen LogP contribution in [0.5, 0.6) is 29.1 Å². The largest absolute Gasteiger partial charge is 0.474 e. The Kier molecular flexibility index (Phi) is 20.6. The molecule has 4 aliphatic heterocycles. The number of halogens is 1. The summed E-state index contributed by atoms with van der Waals surface area (Å²) >= 11 is 5.87. The predicted molar refractivity (Wildman–Crippen MR) is 242 cm³/mol. The molecule has 4 aliphatic rings. The molecule has 4 fully saturated rings. The third kappa shape index (κ3) is 18.7. The number of rotatable bonds is 8. The van der Waals surface area contributed by atoms with Gasteiger partial charge in [-0.1, -0.05) is 11.6 Å². The van der Waals surface area contributed by atoms with Crippen LogP contribution in [-0.2, 0) is 28.5 Å². The highest BCUT2D eigenvalue weighted by Crippen LogP contribution is 2.31. The molecule has 4 saturated heterocycles. The van der Waals surface area contributed by atoms with E-state index in [0.29, 0.717) is 77.0 Å². The summed E-state index contributed by atoms with van der Waals surface area (Å²) in [7, 11) is 0. The SMILES string of the molecule is CC(C)(C)OC=O.CC(C)(C)OC=O.Cc1ncccc1Oc1ncnc(Cl)c1C.Cc1ncccc1Oc1ncnc(OC2CC3COCC(C2)N3)c1C.OC1CC2COCC(C1)N2. The van der Waals surface area contributed by atoms with Crippen LogP contribution >= 0.6 is 11.6 Å². The second-order valence-corrected chi connectivity index (χ2v) is 18.1. The van der Waals surface area contributed by atoms with Crippen molar-refractivity contribution in [1.82, 2.24) is 40.5 Å². The lowest BCUT2D eigenvalue weighted by atomic mass is 9.95. The van der Waals surface area contributed by atoms with Crippen molar-refractivity contribution >= 4 is 24.5 Å². The van der Waals surface area contributed by atoms with Gasteiger partial charge >= 0.3 is 0 Å². The normalized spacial score (nSPS) is 21.8. The molecule has 0 amide bonds. The molecule has 4 aromatic heterocycles. The molecule has 4 aromatic rings. The van der Waals surface area contributed by atoms with Crippen LogP contribution in [0, 0.1) is 27.7 Å². The van der Waals surface area contributed by atoms with Gasteiger partial charge in [0, 0.05) is 55.0 Å². The van der Waals surface area contributed by atoms with Crippen LogP contribution < -0.4 is 24.8 Å². The number of nitrogens with zero attached hydrogens (tertiary/aromatic N) is 6. The number of carbonyl (C=O) groups is 2. The topological polar surface area (TPSA) is 220 Å². The van der Waals surface area contributed by atoms with E-state index in [1.807, 2.05) is 87.4 Å². The van der Waals surface area contributed by atoms with Crippen molar-refractivity contribution in [3.8, 4) is 29.1 Å². The number of ether oxygens (including phenoxy) is 7. The zero-order valence-corrected chi connectivity index (χ0v) is 39.8. The van der Waals surface area contributed by atoms with Gasteiger partial charge in [-0.3, -0.25) is 19.6 Å². The number of aliphatic hydroxyl groups is 1. The lowest BCUT2D eigenvalue weighted by Gasteiger charge is -2.39. The average Bonchev–Trinajstić information content (AvgIpc) is 3.22. The molecular formula is C46H65ClN8O10. The van der Waals surface area contributed by atoms with Crippen molar-refractivity contribution < 1.29 is 47.9 Å². The van der Waals surface area contributed by atoms with Crippen molar-refractivity contribution in [3.05, 3.63) is 77.0 Å². The van der Waals surface area contributed by atoms with Gasteiger partial charge in [-0.2, -0.15) is 0 Å². The second-order valence-electron chi connectivity index (χ2n) is 17.8. The Labute approximate surface area is 386 Å². The fourth-order valence-electron chi connectivity index (χ4n) is 6.66. The Morgan fingerprint density at radius 1 is 0.631 bits per heavy atom. The van der Waals surface area contributed by atoms with Gasteiger partial charge in [0.15, 0.2) is 11.5 Å². The van der Waals surface area contributed by atoms with Crippen molar-refractivity contribution in [2.24, 2.45) is 0 Å². The van der Waals surface area contributed by atoms with Gasteiger partial charge < -0.3 is 48.9 Å². The van der Waals surface area contributed by atoms with Crippen LogP contribution in [0.25, 0.3) is 0 Å². The first-order valence-electron chi connectivity index (χ1n) is 21.6. The number of pyridine rings is 2. The summed E-state index contributed by atoms with van der Waals surface area (Å²) < 4.78 is 37.7. The monoisotopic (exact) mass is 924 g/mol. The number of fused-ring (bicyclic) bond motifs is 4. The van der Waals surface area contributed by atoms with Crippen LogP contribution in [0.3, 0.4) is 0 Å². The average molecular weight is 926 g/mol. The van der Waals surface area contributed by atoms with Crippen molar-refractivity contribution in [2.75, 3.05) is 26.4 Å². The van der Waals surface area contributed by atoms with E-state index < -0.39 is 0 Å². The highest BCUT2D eigenvalue weighted by molar-refractivity contribution is 6.30. The molecule has 0 radical (unpaired) electrons. The molecule has 0 spiro atoms. The van der Waals surface area contributed by atoms with E-state index in [9.17, 15) is 14.7 Å².